The molecule has 0 aliphatic carbocycles. The molecule has 122 valence electrons. The molecule has 0 aromatic carbocycles. The normalized spacial score (nSPS) is 18.9. The number of amides is 2. The predicted molar refractivity (Wildman–Crippen MR) is 79.5 cm³/mol. The van der Waals surface area contributed by atoms with Crippen molar-refractivity contribution in [3.8, 4) is 0 Å². The van der Waals surface area contributed by atoms with Crippen molar-refractivity contribution in [2.24, 2.45) is 5.92 Å². The highest BCUT2D eigenvalue weighted by Crippen LogP contribution is 2.13. The Kier molecular flexibility index (Phi) is 5.18. The second kappa shape index (κ2) is 6.91. The molecule has 1 aromatic heterocycles. The SMILES string of the molecule is Cc1noc(C)c1C(=O)NCC1CN(CC(C)C)C(=O)CO1. The lowest BCUT2D eigenvalue weighted by atomic mass is 10.1. The van der Waals surface area contributed by atoms with E-state index >= 15 is 0 Å². The van der Waals surface area contributed by atoms with Crippen LogP contribution in [0, 0.1) is 19.8 Å². The number of carbonyl (C=O) groups is 2. The fourth-order valence-electron chi connectivity index (χ4n) is 2.52. The van der Waals surface area contributed by atoms with E-state index in [1.54, 1.807) is 18.7 Å². The number of morpholine rings is 1. The van der Waals surface area contributed by atoms with Gasteiger partial charge < -0.3 is 19.5 Å². The summed E-state index contributed by atoms with van der Waals surface area (Å²) in [5, 5.41) is 6.59. The van der Waals surface area contributed by atoms with Gasteiger partial charge in [-0.15, -0.1) is 0 Å². The fraction of sp³-hybridized carbons (Fsp3) is 0.667. The first kappa shape index (κ1) is 16.5. The van der Waals surface area contributed by atoms with Crippen LogP contribution in [0.15, 0.2) is 4.52 Å². The van der Waals surface area contributed by atoms with E-state index in [0.717, 1.165) is 0 Å². The van der Waals surface area contributed by atoms with Gasteiger partial charge in [0, 0.05) is 19.6 Å². The topological polar surface area (TPSA) is 84.7 Å². The van der Waals surface area contributed by atoms with Crippen LogP contribution in [0.3, 0.4) is 0 Å². The van der Waals surface area contributed by atoms with Crippen molar-refractivity contribution in [1.29, 1.82) is 0 Å². The lowest BCUT2D eigenvalue weighted by Crippen LogP contribution is -2.51. The van der Waals surface area contributed by atoms with Crippen LogP contribution < -0.4 is 5.32 Å². The summed E-state index contributed by atoms with van der Waals surface area (Å²) in [6.07, 6.45) is -0.194. The largest absolute Gasteiger partial charge is 0.365 e. The number of hydrogen-bond acceptors (Lipinski definition) is 5. The predicted octanol–water partition coefficient (Wildman–Crippen LogP) is 0.905. The Labute approximate surface area is 130 Å². The molecule has 0 saturated carbocycles. The van der Waals surface area contributed by atoms with E-state index < -0.39 is 0 Å². The van der Waals surface area contributed by atoms with Crippen molar-refractivity contribution >= 4 is 11.8 Å². The number of aryl methyl sites for hydroxylation is 2. The molecule has 1 fully saturated rings. The van der Waals surface area contributed by atoms with Crippen molar-refractivity contribution in [3.05, 3.63) is 17.0 Å². The van der Waals surface area contributed by atoms with E-state index in [2.05, 4.69) is 24.3 Å². The molecule has 0 spiro atoms. The van der Waals surface area contributed by atoms with Crippen molar-refractivity contribution in [3.63, 3.8) is 0 Å². The lowest BCUT2D eigenvalue weighted by Gasteiger charge is -2.33. The van der Waals surface area contributed by atoms with Gasteiger partial charge >= 0.3 is 0 Å². The molecule has 1 unspecified atom stereocenters. The van der Waals surface area contributed by atoms with Crippen LogP contribution in [0.1, 0.15) is 35.7 Å². The van der Waals surface area contributed by atoms with E-state index in [1.165, 1.54) is 0 Å². The van der Waals surface area contributed by atoms with Gasteiger partial charge in [-0.05, 0) is 19.8 Å². The Morgan fingerprint density at radius 1 is 1.45 bits per heavy atom. The van der Waals surface area contributed by atoms with Gasteiger partial charge in [0.1, 0.15) is 17.9 Å². The second-order valence-corrected chi connectivity index (χ2v) is 6.03. The zero-order valence-corrected chi connectivity index (χ0v) is 13.5. The molecule has 2 heterocycles. The van der Waals surface area contributed by atoms with Crippen LogP contribution in [-0.4, -0.2) is 54.2 Å². The standard InChI is InChI=1S/C15H23N3O4/c1-9(2)6-18-7-12(21-8-13(18)19)5-16-15(20)14-10(3)17-22-11(14)4/h9,12H,5-8H2,1-4H3,(H,16,20). The average Bonchev–Trinajstić information content (AvgIpc) is 2.78. The summed E-state index contributed by atoms with van der Waals surface area (Å²) in [5.74, 6) is 0.671. The number of carbonyl (C=O) groups excluding carboxylic acids is 2. The molecule has 7 heteroatoms. The summed E-state index contributed by atoms with van der Waals surface area (Å²) in [7, 11) is 0. The summed E-state index contributed by atoms with van der Waals surface area (Å²) in [6, 6.07) is 0. The fourth-order valence-corrected chi connectivity index (χ4v) is 2.52. The maximum Gasteiger partial charge on any atom is 0.256 e. The summed E-state index contributed by atoms with van der Waals surface area (Å²) < 4.78 is 10.5. The first-order valence-electron chi connectivity index (χ1n) is 7.49. The number of nitrogens with zero attached hydrogens (tertiary/aromatic N) is 2. The summed E-state index contributed by atoms with van der Waals surface area (Å²) in [5.41, 5.74) is 1.03. The van der Waals surface area contributed by atoms with Gasteiger partial charge in [-0.1, -0.05) is 19.0 Å². The molecular weight excluding hydrogens is 286 g/mol. The maximum absolute atomic E-state index is 12.2. The Balaban J connectivity index is 1.89. The van der Waals surface area contributed by atoms with Crippen molar-refractivity contribution in [1.82, 2.24) is 15.4 Å². The van der Waals surface area contributed by atoms with Crippen LogP contribution >= 0.6 is 0 Å². The number of ether oxygens (including phenoxy) is 1. The molecule has 1 saturated heterocycles. The van der Waals surface area contributed by atoms with Gasteiger partial charge in [0.2, 0.25) is 5.91 Å². The number of rotatable bonds is 5. The highest BCUT2D eigenvalue weighted by Gasteiger charge is 2.27. The monoisotopic (exact) mass is 309 g/mol. The van der Waals surface area contributed by atoms with Crippen molar-refractivity contribution < 1.29 is 18.8 Å². The van der Waals surface area contributed by atoms with Crippen LogP contribution in [0.4, 0.5) is 0 Å². The molecule has 7 nitrogen and oxygen atoms in total. The molecular formula is C15H23N3O4. The second-order valence-electron chi connectivity index (χ2n) is 6.03. The molecule has 1 atom stereocenters. The molecule has 22 heavy (non-hydrogen) atoms. The average molecular weight is 309 g/mol. The summed E-state index contributed by atoms with van der Waals surface area (Å²) in [4.78, 5) is 25.7. The summed E-state index contributed by atoms with van der Waals surface area (Å²) in [6.45, 7) is 9.19. The molecule has 1 N–H and O–H groups in total. The van der Waals surface area contributed by atoms with E-state index in [9.17, 15) is 9.59 Å². The third kappa shape index (κ3) is 3.85. The number of aromatic nitrogens is 1. The van der Waals surface area contributed by atoms with E-state index in [1.807, 2.05) is 0 Å². The van der Waals surface area contributed by atoms with E-state index in [-0.39, 0.29) is 24.5 Å². The molecule has 2 amide bonds. The van der Waals surface area contributed by atoms with Gasteiger partial charge in [-0.3, -0.25) is 9.59 Å². The zero-order valence-electron chi connectivity index (χ0n) is 13.5. The first-order valence-corrected chi connectivity index (χ1v) is 7.49. The minimum Gasteiger partial charge on any atom is -0.365 e. The smallest absolute Gasteiger partial charge is 0.256 e. The van der Waals surface area contributed by atoms with E-state index in [4.69, 9.17) is 9.26 Å². The Bertz CT molecular complexity index is 533. The van der Waals surface area contributed by atoms with Gasteiger partial charge in [-0.2, -0.15) is 0 Å². The highest BCUT2D eigenvalue weighted by molar-refractivity contribution is 5.96. The van der Waals surface area contributed by atoms with Crippen molar-refractivity contribution in [2.75, 3.05) is 26.2 Å². The van der Waals surface area contributed by atoms with Crippen LogP contribution in [0.2, 0.25) is 0 Å². The van der Waals surface area contributed by atoms with Crippen LogP contribution in [0.25, 0.3) is 0 Å². The molecule has 1 aliphatic heterocycles. The van der Waals surface area contributed by atoms with Gasteiger partial charge in [0.05, 0.1) is 11.8 Å². The van der Waals surface area contributed by atoms with Crippen LogP contribution in [-0.2, 0) is 9.53 Å². The minimum atomic E-state index is -0.229. The number of hydrogen-bond donors (Lipinski definition) is 1. The molecule has 1 aromatic rings. The van der Waals surface area contributed by atoms with Crippen molar-refractivity contribution in [2.45, 2.75) is 33.8 Å². The zero-order chi connectivity index (χ0) is 16.3. The third-order valence-electron chi connectivity index (χ3n) is 3.56. The molecule has 2 rings (SSSR count). The summed E-state index contributed by atoms with van der Waals surface area (Å²) >= 11 is 0. The molecule has 0 radical (unpaired) electrons. The van der Waals surface area contributed by atoms with Crippen LogP contribution in [0.5, 0.6) is 0 Å². The molecule has 1 aliphatic rings. The first-order chi connectivity index (χ1) is 10.4. The highest BCUT2D eigenvalue weighted by atomic mass is 16.5. The lowest BCUT2D eigenvalue weighted by molar-refractivity contribution is -0.149. The number of nitrogens with one attached hydrogen (secondary N) is 1. The Morgan fingerprint density at radius 2 is 2.18 bits per heavy atom. The minimum absolute atomic E-state index is 0.00185. The molecule has 0 bridgehead atoms. The van der Waals surface area contributed by atoms with E-state index in [0.29, 0.717) is 42.6 Å². The Hall–Kier alpha value is -1.89. The quantitative estimate of drug-likeness (QED) is 0.873. The van der Waals surface area contributed by atoms with Gasteiger partial charge in [-0.25, -0.2) is 0 Å². The van der Waals surface area contributed by atoms with Gasteiger partial charge in [0.15, 0.2) is 0 Å². The van der Waals surface area contributed by atoms with Gasteiger partial charge in [0.25, 0.3) is 5.91 Å². The Morgan fingerprint density at radius 3 is 2.77 bits per heavy atom. The third-order valence-corrected chi connectivity index (χ3v) is 3.56. The maximum atomic E-state index is 12.2.